The van der Waals surface area contributed by atoms with Crippen LogP contribution < -0.4 is 16.0 Å². The first-order valence-corrected chi connectivity index (χ1v) is 5.58. The third kappa shape index (κ3) is 10.9. The highest BCUT2D eigenvalue weighted by Gasteiger charge is 2.09. The van der Waals surface area contributed by atoms with Crippen LogP contribution in [0.1, 0.15) is 0 Å². The van der Waals surface area contributed by atoms with E-state index < -0.39 is 37.0 Å². The Morgan fingerprint density at radius 1 is 1.05 bits per heavy atom. The largest absolute Gasteiger partial charge is 0.480 e. The Bertz CT molecular complexity index is 359. The summed E-state index contributed by atoms with van der Waals surface area (Å²) in [7, 11) is 1.48. The molecule has 10 heteroatoms. The van der Waals surface area contributed by atoms with Crippen LogP contribution in [0.2, 0.25) is 0 Å². The Balaban J connectivity index is 3.68. The number of rotatable bonds is 9. The maximum Gasteiger partial charge on any atom is 0.329 e. The molecule has 0 aromatic carbocycles. The molecule has 0 bridgehead atoms. The maximum absolute atomic E-state index is 11.2. The Hall–Kier alpha value is -2.20. The van der Waals surface area contributed by atoms with Crippen LogP contribution in [0.15, 0.2) is 0 Å². The molecule has 0 aliphatic rings. The van der Waals surface area contributed by atoms with Crippen molar-refractivity contribution in [2.45, 2.75) is 0 Å². The van der Waals surface area contributed by atoms with E-state index in [0.717, 1.165) is 0 Å². The van der Waals surface area contributed by atoms with Gasteiger partial charge in [-0.3, -0.25) is 14.9 Å². The fraction of sp³-hybridized carbons (Fsp3) is 0.600. The standard InChI is InChI=1S/C10H17N3O7/c1-19-3-2-11-7(14)4-12-10(18)13-8(15)5-20-6-9(16)17/h2-6H2,1H3,(H,11,14)(H,16,17)(H2,12,13,15,18). The van der Waals surface area contributed by atoms with Crippen molar-refractivity contribution in [1.82, 2.24) is 16.0 Å². The summed E-state index contributed by atoms with van der Waals surface area (Å²) in [5.74, 6) is -2.48. The Labute approximate surface area is 114 Å². The summed E-state index contributed by atoms with van der Waals surface area (Å²) >= 11 is 0. The number of carbonyl (C=O) groups excluding carboxylic acids is 3. The van der Waals surface area contributed by atoms with Crippen LogP contribution in [0.3, 0.4) is 0 Å². The number of carboxylic acids is 1. The quantitative estimate of drug-likeness (QED) is 0.349. The topological polar surface area (TPSA) is 143 Å². The number of methoxy groups -OCH3 is 1. The molecule has 0 aliphatic heterocycles. The van der Waals surface area contributed by atoms with E-state index in [1.54, 1.807) is 0 Å². The first kappa shape index (κ1) is 17.8. The van der Waals surface area contributed by atoms with Crippen LogP contribution in [-0.4, -0.2) is 68.9 Å². The van der Waals surface area contributed by atoms with E-state index in [0.29, 0.717) is 13.2 Å². The lowest BCUT2D eigenvalue weighted by molar-refractivity contribution is -0.143. The minimum absolute atomic E-state index is 0.306. The van der Waals surface area contributed by atoms with E-state index in [4.69, 9.17) is 9.84 Å². The van der Waals surface area contributed by atoms with Gasteiger partial charge in [0.2, 0.25) is 5.91 Å². The van der Waals surface area contributed by atoms with Crippen LogP contribution in [0, 0.1) is 0 Å². The average molecular weight is 291 g/mol. The number of aliphatic carboxylic acids is 1. The molecule has 0 atom stereocenters. The molecule has 0 unspecified atom stereocenters. The number of amides is 4. The molecular formula is C10H17N3O7. The summed E-state index contributed by atoms with van der Waals surface area (Å²) in [6.07, 6.45) is 0. The Morgan fingerprint density at radius 2 is 1.75 bits per heavy atom. The van der Waals surface area contributed by atoms with Crippen molar-refractivity contribution in [3.8, 4) is 0 Å². The zero-order valence-electron chi connectivity index (χ0n) is 10.9. The first-order valence-electron chi connectivity index (χ1n) is 5.58. The van der Waals surface area contributed by atoms with Crippen molar-refractivity contribution in [3.63, 3.8) is 0 Å². The van der Waals surface area contributed by atoms with Gasteiger partial charge in [0.05, 0.1) is 13.2 Å². The summed E-state index contributed by atoms with van der Waals surface area (Å²) < 4.78 is 9.17. The van der Waals surface area contributed by atoms with Gasteiger partial charge < -0.3 is 25.2 Å². The number of urea groups is 1. The molecule has 0 fully saturated rings. The molecule has 0 saturated carbocycles. The van der Waals surface area contributed by atoms with Gasteiger partial charge >= 0.3 is 12.0 Å². The lowest BCUT2D eigenvalue weighted by atomic mass is 10.5. The zero-order chi connectivity index (χ0) is 15.4. The van der Waals surface area contributed by atoms with Crippen molar-refractivity contribution < 1.29 is 33.8 Å². The summed E-state index contributed by atoms with van der Waals surface area (Å²) in [5.41, 5.74) is 0. The monoisotopic (exact) mass is 291 g/mol. The molecule has 114 valence electrons. The Kier molecular flexibility index (Phi) is 9.52. The van der Waals surface area contributed by atoms with Gasteiger partial charge in [-0.25, -0.2) is 9.59 Å². The van der Waals surface area contributed by atoms with E-state index in [2.05, 4.69) is 15.4 Å². The number of nitrogens with one attached hydrogen (secondary N) is 3. The summed E-state index contributed by atoms with van der Waals surface area (Å²) in [5, 5.41) is 14.7. The molecule has 10 nitrogen and oxygen atoms in total. The Morgan fingerprint density at radius 3 is 2.35 bits per heavy atom. The summed E-state index contributed by atoms with van der Waals surface area (Å²) in [4.78, 5) is 43.5. The summed E-state index contributed by atoms with van der Waals surface area (Å²) in [6.45, 7) is -0.868. The lowest BCUT2D eigenvalue weighted by Gasteiger charge is -2.07. The number of hydrogen-bond acceptors (Lipinski definition) is 6. The summed E-state index contributed by atoms with van der Waals surface area (Å²) in [6, 6.07) is -0.879. The van der Waals surface area contributed by atoms with Crippen molar-refractivity contribution >= 4 is 23.8 Å². The number of imide groups is 1. The average Bonchev–Trinajstić information content (AvgIpc) is 2.36. The molecule has 0 radical (unpaired) electrons. The van der Waals surface area contributed by atoms with Gasteiger partial charge in [-0.1, -0.05) is 0 Å². The molecule has 4 amide bonds. The predicted octanol–water partition coefficient (Wildman–Crippen LogP) is -2.32. The van der Waals surface area contributed by atoms with E-state index in [1.165, 1.54) is 7.11 Å². The van der Waals surface area contributed by atoms with Crippen molar-refractivity contribution in [2.24, 2.45) is 0 Å². The highest BCUT2D eigenvalue weighted by atomic mass is 16.5. The van der Waals surface area contributed by atoms with Gasteiger partial charge in [-0.2, -0.15) is 0 Å². The molecule has 0 saturated heterocycles. The fourth-order valence-corrected chi connectivity index (χ4v) is 0.954. The molecule has 0 aliphatic carbocycles. The van der Waals surface area contributed by atoms with Crippen molar-refractivity contribution in [1.29, 1.82) is 0 Å². The van der Waals surface area contributed by atoms with E-state index in [9.17, 15) is 19.2 Å². The van der Waals surface area contributed by atoms with Gasteiger partial charge in [0.1, 0.15) is 13.2 Å². The van der Waals surface area contributed by atoms with E-state index >= 15 is 0 Å². The smallest absolute Gasteiger partial charge is 0.329 e. The second-order valence-electron chi connectivity index (χ2n) is 3.46. The number of carbonyl (C=O) groups is 4. The third-order valence-electron chi connectivity index (χ3n) is 1.75. The van der Waals surface area contributed by atoms with Crippen LogP contribution >= 0.6 is 0 Å². The maximum atomic E-state index is 11.2. The third-order valence-corrected chi connectivity index (χ3v) is 1.75. The zero-order valence-corrected chi connectivity index (χ0v) is 10.9. The van der Waals surface area contributed by atoms with Crippen LogP contribution in [-0.2, 0) is 23.9 Å². The highest BCUT2D eigenvalue weighted by molar-refractivity contribution is 5.96. The number of hydrogen-bond donors (Lipinski definition) is 4. The van der Waals surface area contributed by atoms with Crippen molar-refractivity contribution in [2.75, 3.05) is 40.0 Å². The second kappa shape index (κ2) is 10.7. The predicted molar refractivity (Wildman–Crippen MR) is 64.9 cm³/mol. The van der Waals surface area contributed by atoms with Crippen LogP contribution in [0.25, 0.3) is 0 Å². The van der Waals surface area contributed by atoms with Gasteiger partial charge in [-0.05, 0) is 0 Å². The van der Waals surface area contributed by atoms with Crippen molar-refractivity contribution in [3.05, 3.63) is 0 Å². The molecular weight excluding hydrogens is 274 g/mol. The molecule has 0 heterocycles. The van der Waals surface area contributed by atoms with E-state index in [-0.39, 0.29) is 6.54 Å². The second-order valence-corrected chi connectivity index (χ2v) is 3.46. The molecule has 0 spiro atoms. The normalized spacial score (nSPS) is 9.65. The minimum atomic E-state index is -1.23. The van der Waals surface area contributed by atoms with Crippen LogP contribution in [0.5, 0.6) is 0 Å². The van der Waals surface area contributed by atoms with E-state index in [1.807, 2.05) is 5.32 Å². The fourth-order valence-electron chi connectivity index (χ4n) is 0.954. The molecule has 4 N–H and O–H groups in total. The lowest BCUT2D eigenvalue weighted by Crippen LogP contribution is -2.45. The van der Waals surface area contributed by atoms with Gasteiger partial charge in [0.25, 0.3) is 5.91 Å². The van der Waals surface area contributed by atoms with Gasteiger partial charge in [0, 0.05) is 13.7 Å². The minimum Gasteiger partial charge on any atom is -0.480 e. The van der Waals surface area contributed by atoms with Gasteiger partial charge in [0.15, 0.2) is 0 Å². The first-order chi connectivity index (χ1) is 9.45. The van der Waals surface area contributed by atoms with Crippen LogP contribution in [0.4, 0.5) is 4.79 Å². The number of ether oxygens (including phenoxy) is 2. The highest BCUT2D eigenvalue weighted by Crippen LogP contribution is 1.76. The molecule has 20 heavy (non-hydrogen) atoms. The molecule has 0 rings (SSSR count). The number of carboxylic acid groups (broad SMARTS) is 1. The molecule has 0 aromatic rings. The molecule has 0 aromatic heterocycles. The SMILES string of the molecule is COCCNC(=O)CNC(=O)NC(=O)COCC(=O)O. The van der Waals surface area contributed by atoms with Gasteiger partial charge in [-0.15, -0.1) is 0 Å².